The lowest BCUT2D eigenvalue weighted by Gasteiger charge is -2.17. The molecule has 8 nitrogen and oxygen atoms in total. The van der Waals surface area contributed by atoms with Crippen LogP contribution < -0.4 is 15.4 Å². The zero-order valence-corrected chi connectivity index (χ0v) is 15.4. The lowest BCUT2D eigenvalue weighted by molar-refractivity contribution is -0.136. The number of anilines is 1. The van der Waals surface area contributed by atoms with Gasteiger partial charge in [-0.3, -0.25) is 14.3 Å². The van der Waals surface area contributed by atoms with Gasteiger partial charge in [0.05, 0.1) is 26.3 Å². The van der Waals surface area contributed by atoms with Gasteiger partial charge >= 0.3 is 11.8 Å². The zero-order valence-electron chi connectivity index (χ0n) is 15.4. The van der Waals surface area contributed by atoms with E-state index in [2.05, 4.69) is 15.7 Å². The number of hydrogen-bond donors (Lipinski definition) is 2. The molecule has 0 saturated carbocycles. The maximum Gasteiger partial charge on any atom is 0.314 e. The number of aromatic nitrogens is 2. The highest BCUT2D eigenvalue weighted by Gasteiger charge is 2.20. The molecule has 1 heterocycles. The van der Waals surface area contributed by atoms with Crippen molar-refractivity contribution in [2.24, 2.45) is 0 Å². The summed E-state index contributed by atoms with van der Waals surface area (Å²) in [6.45, 7) is 4.81. The molecule has 0 aliphatic heterocycles. The largest absolute Gasteiger partial charge is 0.496 e. The fourth-order valence-corrected chi connectivity index (χ4v) is 2.44. The van der Waals surface area contributed by atoms with Crippen molar-refractivity contribution in [2.75, 3.05) is 26.1 Å². The van der Waals surface area contributed by atoms with Crippen molar-refractivity contribution < 1.29 is 19.1 Å². The van der Waals surface area contributed by atoms with Gasteiger partial charge in [0.2, 0.25) is 0 Å². The van der Waals surface area contributed by atoms with Crippen LogP contribution in [0.1, 0.15) is 24.1 Å². The van der Waals surface area contributed by atoms with Crippen LogP contribution in [0.5, 0.6) is 5.75 Å². The van der Waals surface area contributed by atoms with Crippen LogP contribution in [0.3, 0.4) is 0 Å². The van der Waals surface area contributed by atoms with Crippen molar-refractivity contribution >= 4 is 17.6 Å². The Morgan fingerprint density at radius 2 is 2.00 bits per heavy atom. The van der Waals surface area contributed by atoms with Crippen molar-refractivity contribution in [3.05, 3.63) is 41.6 Å². The Kier molecular flexibility index (Phi) is 6.74. The van der Waals surface area contributed by atoms with Gasteiger partial charge in [0, 0.05) is 24.9 Å². The average Bonchev–Trinajstić information content (AvgIpc) is 3.07. The molecule has 1 aromatic heterocycles. The number of ether oxygens (including phenoxy) is 2. The number of amides is 2. The Hall–Kier alpha value is -2.87. The molecule has 0 fully saturated rings. The standard InChI is InChI=1S/C18H24N4O4/c1-12-5-6-15(26-4)14(11-12)13(2)19-17(23)18(24)20-16-7-8-22(21-16)9-10-25-3/h5-8,11,13H,9-10H2,1-4H3,(H,19,23)(H,20,21,24)/t13-/m1/s1. The first-order chi connectivity index (χ1) is 12.4. The average molecular weight is 360 g/mol. The minimum atomic E-state index is -0.777. The summed E-state index contributed by atoms with van der Waals surface area (Å²) >= 11 is 0. The molecule has 2 amide bonds. The summed E-state index contributed by atoms with van der Waals surface area (Å²) < 4.78 is 11.9. The summed E-state index contributed by atoms with van der Waals surface area (Å²) in [4.78, 5) is 24.3. The molecule has 0 aliphatic carbocycles. The van der Waals surface area contributed by atoms with Gasteiger partial charge in [-0.25, -0.2) is 0 Å². The van der Waals surface area contributed by atoms with E-state index in [1.807, 2.05) is 25.1 Å². The van der Waals surface area contributed by atoms with Gasteiger partial charge in [-0.1, -0.05) is 17.7 Å². The fraction of sp³-hybridized carbons (Fsp3) is 0.389. The zero-order chi connectivity index (χ0) is 19.1. The summed E-state index contributed by atoms with van der Waals surface area (Å²) in [7, 11) is 3.16. The monoisotopic (exact) mass is 360 g/mol. The molecule has 0 radical (unpaired) electrons. The molecule has 0 bridgehead atoms. The topological polar surface area (TPSA) is 94.5 Å². The second-order valence-corrected chi connectivity index (χ2v) is 5.85. The predicted molar refractivity (Wildman–Crippen MR) is 97.0 cm³/mol. The van der Waals surface area contributed by atoms with E-state index in [1.165, 1.54) is 0 Å². The number of benzene rings is 1. The van der Waals surface area contributed by atoms with Gasteiger partial charge in [0.1, 0.15) is 5.75 Å². The molecule has 140 valence electrons. The highest BCUT2D eigenvalue weighted by molar-refractivity contribution is 6.39. The molecule has 2 rings (SSSR count). The second-order valence-electron chi connectivity index (χ2n) is 5.85. The van der Waals surface area contributed by atoms with Crippen LogP contribution in [0.15, 0.2) is 30.5 Å². The highest BCUT2D eigenvalue weighted by atomic mass is 16.5. The van der Waals surface area contributed by atoms with Crippen molar-refractivity contribution in [1.29, 1.82) is 0 Å². The first-order valence-electron chi connectivity index (χ1n) is 8.23. The maximum atomic E-state index is 12.2. The molecule has 2 aromatic rings. The molecule has 0 aliphatic rings. The van der Waals surface area contributed by atoms with Gasteiger partial charge in [0.15, 0.2) is 5.82 Å². The molecule has 26 heavy (non-hydrogen) atoms. The van der Waals surface area contributed by atoms with Crippen LogP contribution >= 0.6 is 0 Å². The summed E-state index contributed by atoms with van der Waals surface area (Å²) in [5.41, 5.74) is 1.84. The number of hydrogen-bond acceptors (Lipinski definition) is 5. The molecule has 0 unspecified atom stereocenters. The fourth-order valence-electron chi connectivity index (χ4n) is 2.44. The Morgan fingerprint density at radius 3 is 2.69 bits per heavy atom. The van der Waals surface area contributed by atoms with E-state index in [0.29, 0.717) is 24.7 Å². The number of nitrogens with zero attached hydrogens (tertiary/aromatic N) is 2. The number of carbonyl (C=O) groups is 2. The van der Waals surface area contributed by atoms with E-state index < -0.39 is 11.8 Å². The number of methoxy groups -OCH3 is 2. The number of carbonyl (C=O) groups excluding carboxylic acids is 2. The van der Waals surface area contributed by atoms with E-state index >= 15 is 0 Å². The van der Waals surface area contributed by atoms with E-state index in [-0.39, 0.29) is 6.04 Å². The minimum Gasteiger partial charge on any atom is -0.496 e. The van der Waals surface area contributed by atoms with Crippen molar-refractivity contribution in [3.63, 3.8) is 0 Å². The molecule has 0 spiro atoms. The summed E-state index contributed by atoms with van der Waals surface area (Å²) in [6, 6.07) is 6.90. The molecule has 0 saturated heterocycles. The SMILES string of the molecule is COCCn1ccc(NC(=O)C(=O)N[C@H](C)c2cc(C)ccc2OC)n1. The van der Waals surface area contributed by atoms with Crippen molar-refractivity contribution in [1.82, 2.24) is 15.1 Å². The normalized spacial score (nSPS) is 11.7. The summed E-state index contributed by atoms with van der Waals surface area (Å²) in [5, 5.41) is 9.31. The molecule has 1 aromatic carbocycles. The van der Waals surface area contributed by atoms with Gasteiger partial charge in [0.25, 0.3) is 0 Å². The molecule has 1 atom stereocenters. The lowest BCUT2D eigenvalue weighted by atomic mass is 10.0. The molecule has 8 heteroatoms. The van der Waals surface area contributed by atoms with Crippen LogP contribution in [0.4, 0.5) is 5.82 Å². The predicted octanol–water partition coefficient (Wildman–Crippen LogP) is 1.66. The Bertz CT molecular complexity index is 772. The van der Waals surface area contributed by atoms with Gasteiger partial charge in [-0.15, -0.1) is 0 Å². The third-order valence-electron chi connectivity index (χ3n) is 3.81. The Balaban J connectivity index is 1.97. The molecule has 2 N–H and O–H groups in total. The van der Waals surface area contributed by atoms with E-state index in [4.69, 9.17) is 9.47 Å². The Morgan fingerprint density at radius 1 is 1.23 bits per heavy atom. The minimum absolute atomic E-state index is 0.307. The summed E-state index contributed by atoms with van der Waals surface area (Å²) in [5.74, 6) is -0.560. The van der Waals surface area contributed by atoms with Crippen molar-refractivity contribution in [2.45, 2.75) is 26.4 Å². The first kappa shape index (κ1) is 19.5. The van der Waals surface area contributed by atoms with Gasteiger partial charge in [-0.05, 0) is 19.9 Å². The van der Waals surface area contributed by atoms with Crippen molar-refractivity contribution in [3.8, 4) is 5.75 Å². The number of nitrogens with one attached hydrogen (secondary N) is 2. The van der Waals surface area contributed by atoms with E-state index in [1.54, 1.807) is 38.1 Å². The van der Waals surface area contributed by atoms with Gasteiger partial charge < -0.3 is 20.1 Å². The van der Waals surface area contributed by atoms with Crippen LogP contribution in [-0.2, 0) is 20.9 Å². The van der Waals surface area contributed by atoms with Gasteiger partial charge in [-0.2, -0.15) is 5.10 Å². The van der Waals surface area contributed by atoms with Crippen LogP contribution in [-0.4, -0.2) is 42.4 Å². The maximum absolute atomic E-state index is 12.2. The van der Waals surface area contributed by atoms with E-state index in [9.17, 15) is 9.59 Å². The van der Waals surface area contributed by atoms with Crippen LogP contribution in [0, 0.1) is 6.92 Å². The number of rotatable bonds is 7. The second kappa shape index (κ2) is 9.00. The third-order valence-corrected chi connectivity index (χ3v) is 3.81. The highest BCUT2D eigenvalue weighted by Crippen LogP contribution is 2.25. The lowest BCUT2D eigenvalue weighted by Crippen LogP contribution is -2.37. The summed E-state index contributed by atoms with van der Waals surface area (Å²) in [6.07, 6.45) is 1.70. The van der Waals surface area contributed by atoms with E-state index in [0.717, 1.165) is 11.1 Å². The first-order valence-corrected chi connectivity index (χ1v) is 8.23. The third kappa shape index (κ3) is 5.06. The van der Waals surface area contributed by atoms with Crippen LogP contribution in [0.2, 0.25) is 0 Å². The molecular formula is C18H24N4O4. The quantitative estimate of drug-likeness (QED) is 0.733. The molecular weight excluding hydrogens is 336 g/mol. The number of aryl methyl sites for hydroxylation is 1. The Labute approximate surface area is 152 Å². The smallest absolute Gasteiger partial charge is 0.314 e. The van der Waals surface area contributed by atoms with Crippen LogP contribution in [0.25, 0.3) is 0 Å².